The number of esters is 2. The highest BCUT2D eigenvalue weighted by atomic mass is 31.2. The summed E-state index contributed by atoms with van der Waals surface area (Å²) in [6.45, 7) is -0.148. The van der Waals surface area contributed by atoms with E-state index in [0.29, 0.717) is 11.1 Å². The van der Waals surface area contributed by atoms with Crippen molar-refractivity contribution < 1.29 is 42.6 Å². The highest BCUT2D eigenvalue weighted by Gasteiger charge is 2.28. The summed E-state index contributed by atoms with van der Waals surface area (Å²) in [4.78, 5) is 48.2. The molecule has 0 heterocycles. The van der Waals surface area contributed by atoms with E-state index < -0.39 is 37.8 Å². The van der Waals surface area contributed by atoms with Gasteiger partial charge in [0.25, 0.3) is 0 Å². The van der Waals surface area contributed by atoms with Crippen LogP contribution >= 0.6 is 7.60 Å². The van der Waals surface area contributed by atoms with Crippen molar-refractivity contribution in [3.05, 3.63) is 143 Å². The number of amides is 1. The van der Waals surface area contributed by atoms with Crippen LogP contribution < -0.4 is 5.32 Å². The molecule has 10 nitrogen and oxygen atoms in total. The van der Waals surface area contributed by atoms with Crippen LogP contribution in [0, 0.1) is 0 Å². The van der Waals surface area contributed by atoms with Gasteiger partial charge in [-0.25, -0.2) is 14.4 Å². The van der Waals surface area contributed by atoms with Gasteiger partial charge in [0.1, 0.15) is 25.9 Å². The van der Waals surface area contributed by atoms with E-state index in [1.165, 1.54) is 12.1 Å². The summed E-state index contributed by atoms with van der Waals surface area (Å²) < 4.78 is 34.0. The molecular weight excluding hydrogens is 597 g/mol. The minimum absolute atomic E-state index is 0.0242. The SMILES string of the molecule is O=C(NC(CCP(=O)(O)OCc1ccc(C(=O)OCc2ccccc2)cc1)C(=O)OCc1ccccc1)OCc1ccccc1. The number of hydrogen-bond acceptors (Lipinski definition) is 8. The molecule has 4 rings (SSSR count). The number of nitrogens with one attached hydrogen (secondary N) is 1. The first kappa shape index (κ1) is 33.1. The largest absolute Gasteiger partial charge is 0.459 e. The minimum atomic E-state index is -4.20. The third kappa shape index (κ3) is 11.7. The Morgan fingerprint density at radius 2 is 1.09 bits per heavy atom. The maximum Gasteiger partial charge on any atom is 0.408 e. The molecule has 0 saturated heterocycles. The van der Waals surface area contributed by atoms with Crippen LogP contribution in [0.1, 0.15) is 39.0 Å². The lowest BCUT2D eigenvalue weighted by atomic mass is 10.1. The average molecular weight is 632 g/mol. The molecular formula is C34H34NO9P. The Balaban J connectivity index is 1.28. The van der Waals surface area contributed by atoms with Gasteiger partial charge in [0, 0.05) is 0 Å². The van der Waals surface area contributed by atoms with Crippen LogP contribution in [0.4, 0.5) is 4.79 Å². The monoisotopic (exact) mass is 631 g/mol. The smallest absolute Gasteiger partial charge is 0.408 e. The maximum absolute atomic E-state index is 12.9. The summed E-state index contributed by atoms with van der Waals surface area (Å²) in [7, 11) is -4.20. The molecule has 0 aromatic heterocycles. The minimum Gasteiger partial charge on any atom is -0.459 e. The van der Waals surface area contributed by atoms with Gasteiger partial charge in [0.2, 0.25) is 0 Å². The number of carbonyl (C=O) groups excluding carboxylic acids is 3. The molecule has 234 valence electrons. The molecule has 2 N–H and O–H groups in total. The Hall–Kier alpha value is -4.76. The summed E-state index contributed by atoms with van der Waals surface area (Å²) >= 11 is 0. The molecule has 0 aliphatic carbocycles. The van der Waals surface area contributed by atoms with Crippen LogP contribution in [0.15, 0.2) is 115 Å². The fourth-order valence-electron chi connectivity index (χ4n) is 4.06. The number of hydrogen-bond donors (Lipinski definition) is 2. The molecule has 45 heavy (non-hydrogen) atoms. The molecule has 2 atom stereocenters. The molecule has 0 spiro atoms. The molecule has 0 radical (unpaired) electrons. The van der Waals surface area contributed by atoms with Crippen molar-refractivity contribution in [2.75, 3.05) is 6.16 Å². The average Bonchev–Trinajstić information content (AvgIpc) is 3.07. The van der Waals surface area contributed by atoms with E-state index in [0.717, 1.165) is 16.7 Å². The van der Waals surface area contributed by atoms with Crippen LogP contribution in [0.25, 0.3) is 0 Å². The highest BCUT2D eigenvalue weighted by molar-refractivity contribution is 7.52. The predicted molar refractivity (Wildman–Crippen MR) is 166 cm³/mol. The Morgan fingerprint density at radius 1 is 0.622 bits per heavy atom. The summed E-state index contributed by atoms with van der Waals surface area (Å²) in [6, 6.07) is 32.3. The van der Waals surface area contributed by atoms with Gasteiger partial charge in [-0.05, 0) is 40.8 Å². The summed E-state index contributed by atoms with van der Waals surface area (Å²) in [6.07, 6.45) is -1.56. The number of ether oxygens (including phenoxy) is 3. The molecule has 4 aromatic rings. The zero-order valence-electron chi connectivity index (χ0n) is 24.5. The highest BCUT2D eigenvalue weighted by Crippen LogP contribution is 2.43. The van der Waals surface area contributed by atoms with E-state index >= 15 is 0 Å². The molecule has 1 amide bonds. The van der Waals surface area contributed by atoms with Crippen molar-refractivity contribution in [2.45, 2.75) is 38.9 Å². The van der Waals surface area contributed by atoms with Gasteiger partial charge in [0.15, 0.2) is 0 Å². The fraction of sp³-hybridized carbons (Fsp3) is 0.206. The fourth-order valence-corrected chi connectivity index (χ4v) is 5.13. The lowest BCUT2D eigenvalue weighted by Gasteiger charge is -2.19. The first-order valence-electron chi connectivity index (χ1n) is 14.2. The van der Waals surface area contributed by atoms with Crippen molar-refractivity contribution >= 4 is 25.6 Å². The molecule has 0 bridgehead atoms. The van der Waals surface area contributed by atoms with E-state index in [-0.39, 0.29) is 32.8 Å². The van der Waals surface area contributed by atoms with Gasteiger partial charge in [-0.15, -0.1) is 0 Å². The van der Waals surface area contributed by atoms with E-state index in [2.05, 4.69) is 5.32 Å². The van der Waals surface area contributed by atoms with Gasteiger partial charge >= 0.3 is 25.6 Å². The van der Waals surface area contributed by atoms with Crippen LogP contribution in [0.5, 0.6) is 0 Å². The molecule has 0 aliphatic rings. The quantitative estimate of drug-likeness (QED) is 0.0896. The van der Waals surface area contributed by atoms with E-state index in [4.69, 9.17) is 18.7 Å². The van der Waals surface area contributed by atoms with Gasteiger partial charge in [-0.3, -0.25) is 4.57 Å². The zero-order valence-corrected chi connectivity index (χ0v) is 25.3. The summed E-state index contributed by atoms with van der Waals surface area (Å²) in [5.74, 6) is -1.29. The Morgan fingerprint density at radius 3 is 1.62 bits per heavy atom. The topological polar surface area (TPSA) is 137 Å². The van der Waals surface area contributed by atoms with Crippen molar-refractivity contribution in [1.82, 2.24) is 5.32 Å². The van der Waals surface area contributed by atoms with Crippen molar-refractivity contribution in [3.63, 3.8) is 0 Å². The standard InChI is InChI=1S/C34H34NO9P/c36-32(41-22-26-10-4-1-5-11-26)30-18-16-29(17-19-30)25-44-45(39,40)21-20-31(33(37)42-23-27-12-6-2-7-13-27)35-34(38)43-24-28-14-8-3-9-15-28/h1-19,31H,20-25H2,(H,35,38)(H,39,40). The lowest BCUT2D eigenvalue weighted by Crippen LogP contribution is -2.42. The second kappa shape index (κ2) is 16.9. The molecule has 2 unspecified atom stereocenters. The van der Waals surface area contributed by atoms with Crippen molar-refractivity contribution in [1.29, 1.82) is 0 Å². The van der Waals surface area contributed by atoms with E-state index in [1.807, 2.05) is 42.5 Å². The van der Waals surface area contributed by atoms with Crippen LogP contribution in [-0.2, 0) is 54.5 Å². The Kier molecular flexibility index (Phi) is 12.5. The molecule has 4 aromatic carbocycles. The van der Waals surface area contributed by atoms with E-state index in [1.54, 1.807) is 60.7 Å². The summed E-state index contributed by atoms with van der Waals surface area (Å²) in [5.41, 5.74) is 3.22. The zero-order chi connectivity index (χ0) is 31.9. The number of alkyl carbamates (subject to hydrolysis) is 1. The second-order valence-corrected chi connectivity index (χ2v) is 12.0. The van der Waals surface area contributed by atoms with Gasteiger partial charge < -0.3 is 28.9 Å². The third-order valence-corrected chi connectivity index (χ3v) is 7.90. The van der Waals surface area contributed by atoms with Crippen LogP contribution in [0.2, 0.25) is 0 Å². The van der Waals surface area contributed by atoms with Crippen molar-refractivity contribution in [3.8, 4) is 0 Å². The van der Waals surface area contributed by atoms with Crippen LogP contribution in [0.3, 0.4) is 0 Å². The van der Waals surface area contributed by atoms with Gasteiger partial charge in [-0.2, -0.15) is 0 Å². The second-order valence-electron chi connectivity index (χ2n) is 10.0. The number of benzene rings is 4. The molecule has 0 saturated carbocycles. The van der Waals surface area contributed by atoms with E-state index in [9.17, 15) is 23.8 Å². The first-order chi connectivity index (χ1) is 21.8. The first-order valence-corrected chi connectivity index (χ1v) is 16.0. The van der Waals surface area contributed by atoms with Crippen molar-refractivity contribution in [2.24, 2.45) is 0 Å². The molecule has 0 aliphatic heterocycles. The predicted octanol–water partition coefficient (Wildman–Crippen LogP) is 6.17. The maximum atomic E-state index is 12.9. The summed E-state index contributed by atoms with van der Waals surface area (Å²) in [5, 5.41) is 2.44. The third-order valence-electron chi connectivity index (χ3n) is 6.55. The van der Waals surface area contributed by atoms with Gasteiger partial charge in [0.05, 0.1) is 18.3 Å². The Labute approximate surface area is 261 Å². The van der Waals surface area contributed by atoms with Gasteiger partial charge in [-0.1, -0.05) is 103 Å². The Bertz CT molecular complexity index is 1570. The molecule has 0 fully saturated rings. The number of rotatable bonds is 15. The lowest BCUT2D eigenvalue weighted by molar-refractivity contribution is -0.147. The number of carbonyl (C=O) groups is 3. The normalized spacial score (nSPS) is 12.7. The molecule has 11 heteroatoms. The van der Waals surface area contributed by atoms with Crippen LogP contribution in [-0.4, -0.2) is 35.1 Å².